The van der Waals surface area contributed by atoms with Crippen molar-refractivity contribution in [1.82, 2.24) is 9.80 Å². The molecule has 1 atom stereocenters. The fraction of sp³-hybridized carbons (Fsp3) is 0.909. The summed E-state index contributed by atoms with van der Waals surface area (Å²) in [6.07, 6.45) is 0. The number of rotatable bonds is 0. The van der Waals surface area contributed by atoms with Gasteiger partial charge in [0.2, 0.25) is 5.91 Å². The third-order valence-corrected chi connectivity index (χ3v) is 2.98. The molecule has 1 unspecified atom stereocenters. The average molecular weight is 198 g/mol. The third kappa shape index (κ3) is 2.47. The van der Waals surface area contributed by atoms with Crippen molar-refractivity contribution in [1.29, 1.82) is 0 Å². The van der Waals surface area contributed by atoms with Crippen molar-refractivity contribution in [2.45, 2.75) is 46.2 Å². The normalized spacial score (nSPS) is 25.2. The lowest BCUT2D eigenvalue weighted by Crippen LogP contribution is -2.58. The van der Waals surface area contributed by atoms with Crippen molar-refractivity contribution in [3.63, 3.8) is 0 Å². The van der Waals surface area contributed by atoms with Gasteiger partial charge in [0, 0.05) is 38.1 Å². The number of carbonyl (C=O) groups excluding carboxylic acids is 1. The Morgan fingerprint density at radius 3 is 2.21 bits per heavy atom. The van der Waals surface area contributed by atoms with Crippen LogP contribution in [0.4, 0.5) is 0 Å². The third-order valence-electron chi connectivity index (χ3n) is 2.98. The maximum atomic E-state index is 11.3. The molecule has 0 saturated carbocycles. The maximum Gasteiger partial charge on any atom is 0.219 e. The molecular formula is C11H22N2O. The van der Waals surface area contributed by atoms with Gasteiger partial charge in [0.15, 0.2) is 0 Å². The van der Waals surface area contributed by atoms with Gasteiger partial charge in [-0.15, -0.1) is 0 Å². The van der Waals surface area contributed by atoms with Gasteiger partial charge < -0.3 is 4.90 Å². The van der Waals surface area contributed by atoms with E-state index in [0.29, 0.717) is 6.04 Å². The topological polar surface area (TPSA) is 23.6 Å². The van der Waals surface area contributed by atoms with Crippen LogP contribution < -0.4 is 0 Å². The average Bonchev–Trinajstić information content (AvgIpc) is 2.01. The number of carbonyl (C=O) groups is 1. The highest BCUT2D eigenvalue weighted by Gasteiger charge is 2.30. The highest BCUT2D eigenvalue weighted by atomic mass is 16.2. The minimum Gasteiger partial charge on any atom is -0.338 e. The summed E-state index contributed by atoms with van der Waals surface area (Å²) in [5.41, 5.74) is 0.219. The van der Waals surface area contributed by atoms with Gasteiger partial charge in [0.1, 0.15) is 0 Å². The van der Waals surface area contributed by atoms with Crippen molar-refractivity contribution < 1.29 is 4.79 Å². The zero-order chi connectivity index (χ0) is 10.9. The van der Waals surface area contributed by atoms with E-state index in [0.717, 1.165) is 19.6 Å². The predicted molar refractivity (Wildman–Crippen MR) is 58.2 cm³/mol. The first kappa shape index (κ1) is 11.5. The summed E-state index contributed by atoms with van der Waals surface area (Å²) in [4.78, 5) is 15.7. The van der Waals surface area contributed by atoms with E-state index in [1.165, 1.54) is 0 Å². The highest BCUT2D eigenvalue weighted by Crippen LogP contribution is 2.19. The Balaban J connectivity index is 2.60. The first-order valence-corrected chi connectivity index (χ1v) is 5.34. The molecule has 0 aliphatic carbocycles. The number of hydrogen-bond donors (Lipinski definition) is 0. The molecule has 0 spiro atoms. The van der Waals surface area contributed by atoms with Gasteiger partial charge in [0.25, 0.3) is 0 Å². The van der Waals surface area contributed by atoms with Crippen molar-refractivity contribution in [2.75, 3.05) is 19.6 Å². The molecule has 0 aromatic heterocycles. The second-order valence-electron chi connectivity index (χ2n) is 5.18. The molecule has 1 amide bonds. The standard InChI is InChI=1S/C11H22N2O/c1-9-8-12(11(3,4)5)6-7-13(9)10(2)14/h9H,6-8H2,1-5H3. The molecule has 0 aromatic rings. The first-order chi connectivity index (χ1) is 6.32. The van der Waals surface area contributed by atoms with E-state index in [9.17, 15) is 4.79 Å². The summed E-state index contributed by atoms with van der Waals surface area (Å²) in [6, 6.07) is 0.348. The Hall–Kier alpha value is -0.570. The predicted octanol–water partition coefficient (Wildman–Crippen LogP) is 1.34. The van der Waals surface area contributed by atoms with Crippen LogP contribution in [0.2, 0.25) is 0 Å². The van der Waals surface area contributed by atoms with E-state index in [-0.39, 0.29) is 11.4 Å². The number of amides is 1. The molecule has 82 valence electrons. The molecule has 1 saturated heterocycles. The lowest BCUT2D eigenvalue weighted by atomic mass is 10.0. The van der Waals surface area contributed by atoms with Crippen molar-refractivity contribution in [2.24, 2.45) is 0 Å². The quantitative estimate of drug-likeness (QED) is 0.586. The van der Waals surface area contributed by atoms with Crippen LogP contribution in [0.1, 0.15) is 34.6 Å². The second kappa shape index (κ2) is 3.89. The second-order valence-corrected chi connectivity index (χ2v) is 5.18. The zero-order valence-electron chi connectivity index (χ0n) is 10.0. The van der Waals surface area contributed by atoms with E-state index in [1.54, 1.807) is 6.92 Å². The molecule has 1 heterocycles. The van der Waals surface area contributed by atoms with Crippen LogP contribution in [-0.2, 0) is 4.79 Å². The molecule has 1 aliphatic rings. The van der Waals surface area contributed by atoms with E-state index in [4.69, 9.17) is 0 Å². The summed E-state index contributed by atoms with van der Waals surface area (Å²) in [6.45, 7) is 13.3. The van der Waals surface area contributed by atoms with Crippen LogP contribution >= 0.6 is 0 Å². The molecule has 3 heteroatoms. The Bertz CT molecular complexity index is 220. The molecule has 1 fully saturated rings. The van der Waals surface area contributed by atoms with Gasteiger partial charge >= 0.3 is 0 Å². The monoisotopic (exact) mass is 198 g/mol. The minimum absolute atomic E-state index is 0.200. The largest absolute Gasteiger partial charge is 0.338 e. The van der Waals surface area contributed by atoms with Crippen LogP contribution in [-0.4, -0.2) is 46.9 Å². The van der Waals surface area contributed by atoms with Gasteiger partial charge in [-0.3, -0.25) is 9.69 Å². The number of piperazine rings is 1. The molecule has 1 rings (SSSR count). The maximum absolute atomic E-state index is 11.3. The SMILES string of the molecule is CC(=O)N1CCN(C(C)(C)C)CC1C. The van der Waals surface area contributed by atoms with Crippen LogP contribution in [0, 0.1) is 0 Å². The highest BCUT2D eigenvalue weighted by molar-refractivity contribution is 5.73. The van der Waals surface area contributed by atoms with E-state index in [1.807, 2.05) is 4.90 Å². The Kier molecular flexibility index (Phi) is 3.20. The van der Waals surface area contributed by atoms with Crippen LogP contribution in [0.25, 0.3) is 0 Å². The molecule has 0 bridgehead atoms. The molecule has 0 radical (unpaired) electrons. The summed E-state index contributed by atoms with van der Waals surface area (Å²) >= 11 is 0. The summed E-state index contributed by atoms with van der Waals surface area (Å²) < 4.78 is 0. The number of hydrogen-bond acceptors (Lipinski definition) is 2. The summed E-state index contributed by atoms with van der Waals surface area (Å²) in [5.74, 6) is 0.200. The molecule has 1 aliphatic heterocycles. The fourth-order valence-electron chi connectivity index (χ4n) is 2.03. The molecular weight excluding hydrogens is 176 g/mol. The van der Waals surface area contributed by atoms with E-state index in [2.05, 4.69) is 32.6 Å². The van der Waals surface area contributed by atoms with Crippen LogP contribution in [0.3, 0.4) is 0 Å². The minimum atomic E-state index is 0.200. The van der Waals surface area contributed by atoms with Crippen LogP contribution in [0.5, 0.6) is 0 Å². The Morgan fingerprint density at radius 1 is 1.29 bits per heavy atom. The Labute approximate surface area is 87.1 Å². The van der Waals surface area contributed by atoms with E-state index < -0.39 is 0 Å². The van der Waals surface area contributed by atoms with E-state index >= 15 is 0 Å². The van der Waals surface area contributed by atoms with Crippen molar-refractivity contribution in [3.8, 4) is 0 Å². The van der Waals surface area contributed by atoms with Gasteiger partial charge in [-0.05, 0) is 27.7 Å². The van der Waals surface area contributed by atoms with Gasteiger partial charge in [-0.2, -0.15) is 0 Å². The molecule has 0 aromatic carbocycles. The molecule has 14 heavy (non-hydrogen) atoms. The lowest BCUT2D eigenvalue weighted by molar-refractivity contribution is -0.134. The summed E-state index contributed by atoms with van der Waals surface area (Å²) in [7, 11) is 0. The lowest BCUT2D eigenvalue weighted by Gasteiger charge is -2.45. The smallest absolute Gasteiger partial charge is 0.219 e. The van der Waals surface area contributed by atoms with Crippen molar-refractivity contribution in [3.05, 3.63) is 0 Å². The van der Waals surface area contributed by atoms with Gasteiger partial charge in [0.05, 0.1) is 0 Å². The van der Waals surface area contributed by atoms with Crippen molar-refractivity contribution >= 4 is 5.91 Å². The fourth-order valence-corrected chi connectivity index (χ4v) is 2.03. The molecule has 3 nitrogen and oxygen atoms in total. The number of nitrogens with zero attached hydrogens (tertiary/aromatic N) is 2. The van der Waals surface area contributed by atoms with Gasteiger partial charge in [-0.25, -0.2) is 0 Å². The first-order valence-electron chi connectivity index (χ1n) is 5.34. The Morgan fingerprint density at radius 2 is 1.86 bits per heavy atom. The van der Waals surface area contributed by atoms with Crippen LogP contribution in [0.15, 0.2) is 0 Å². The summed E-state index contributed by atoms with van der Waals surface area (Å²) in [5, 5.41) is 0. The van der Waals surface area contributed by atoms with Gasteiger partial charge in [-0.1, -0.05) is 0 Å². The molecule has 0 N–H and O–H groups in total. The zero-order valence-corrected chi connectivity index (χ0v) is 10.0.